The predicted molar refractivity (Wildman–Crippen MR) is 87.6 cm³/mol. The van der Waals surface area contributed by atoms with Gasteiger partial charge in [-0.15, -0.1) is 0 Å². The van der Waals surface area contributed by atoms with Crippen molar-refractivity contribution in [3.8, 4) is 0 Å². The van der Waals surface area contributed by atoms with E-state index in [1.807, 2.05) is 32.9 Å². The number of benzene rings is 1. The van der Waals surface area contributed by atoms with Crippen LogP contribution in [0.3, 0.4) is 0 Å². The van der Waals surface area contributed by atoms with E-state index in [4.69, 9.17) is 9.47 Å². The molecule has 1 aromatic rings. The van der Waals surface area contributed by atoms with Gasteiger partial charge in [0.05, 0.1) is 12.2 Å². The number of ether oxygens (including phenoxy) is 2. The lowest BCUT2D eigenvalue weighted by Gasteiger charge is -2.31. The molecule has 1 aliphatic rings. The van der Waals surface area contributed by atoms with Crippen molar-refractivity contribution < 1.29 is 19.1 Å². The first-order valence-electron chi connectivity index (χ1n) is 7.46. The zero-order valence-electron chi connectivity index (χ0n) is 13.9. The molecule has 1 N–H and O–H groups in total. The summed E-state index contributed by atoms with van der Waals surface area (Å²) in [5, 5.41) is 2.71. The molecule has 1 aromatic carbocycles. The van der Waals surface area contributed by atoms with Crippen LogP contribution in [0.2, 0.25) is 0 Å². The van der Waals surface area contributed by atoms with Crippen LogP contribution in [-0.2, 0) is 14.3 Å². The number of carbonyl (C=O) groups is 2. The number of amides is 2. The van der Waals surface area contributed by atoms with Gasteiger partial charge in [0.25, 0.3) is 0 Å². The van der Waals surface area contributed by atoms with Crippen LogP contribution in [0.4, 0.5) is 10.5 Å². The van der Waals surface area contributed by atoms with E-state index in [-0.39, 0.29) is 5.91 Å². The lowest BCUT2D eigenvalue weighted by atomic mass is 10.1. The van der Waals surface area contributed by atoms with Crippen molar-refractivity contribution in [1.29, 1.82) is 0 Å². The fraction of sp³-hybridized carbons (Fsp3) is 0.412. The summed E-state index contributed by atoms with van der Waals surface area (Å²) in [7, 11) is 0. The lowest BCUT2D eigenvalue weighted by Crippen LogP contribution is -2.39. The van der Waals surface area contributed by atoms with E-state index in [1.54, 1.807) is 23.3 Å². The minimum atomic E-state index is -0.560. The van der Waals surface area contributed by atoms with Gasteiger partial charge in [-0.1, -0.05) is 12.1 Å². The summed E-state index contributed by atoms with van der Waals surface area (Å²) in [5.74, 6) is -0.131. The third kappa shape index (κ3) is 4.74. The van der Waals surface area contributed by atoms with Gasteiger partial charge in [-0.25, -0.2) is 4.79 Å². The lowest BCUT2D eigenvalue weighted by molar-refractivity contribution is -0.114. The number of hydrogen-bond donors (Lipinski definition) is 1. The van der Waals surface area contributed by atoms with Gasteiger partial charge in [-0.05, 0) is 32.9 Å². The number of anilines is 1. The molecular weight excluding hydrogens is 296 g/mol. The Bertz CT molecular complexity index is 614. The Hall–Kier alpha value is -2.50. The molecular formula is C17H22N2O4. The Morgan fingerprint density at radius 1 is 1.22 bits per heavy atom. The molecule has 6 heteroatoms. The van der Waals surface area contributed by atoms with Gasteiger partial charge in [-0.3, -0.25) is 9.69 Å². The van der Waals surface area contributed by atoms with Crippen LogP contribution >= 0.6 is 0 Å². The maximum Gasteiger partial charge on any atom is 0.415 e. The van der Waals surface area contributed by atoms with Crippen molar-refractivity contribution in [2.24, 2.45) is 0 Å². The minimum absolute atomic E-state index is 0.131. The van der Waals surface area contributed by atoms with E-state index in [0.717, 1.165) is 5.56 Å². The molecule has 0 saturated heterocycles. The number of nitrogens with zero attached hydrogens (tertiary/aromatic N) is 1. The van der Waals surface area contributed by atoms with Crippen molar-refractivity contribution in [3.63, 3.8) is 0 Å². The zero-order valence-corrected chi connectivity index (χ0v) is 13.9. The number of hydrogen-bond acceptors (Lipinski definition) is 4. The van der Waals surface area contributed by atoms with E-state index < -0.39 is 11.7 Å². The summed E-state index contributed by atoms with van der Waals surface area (Å²) in [6.45, 7) is 7.79. The Balaban J connectivity index is 2.19. The zero-order chi connectivity index (χ0) is 17.0. The van der Waals surface area contributed by atoms with Gasteiger partial charge in [-0.2, -0.15) is 0 Å². The van der Waals surface area contributed by atoms with Crippen LogP contribution < -0.4 is 5.32 Å². The summed E-state index contributed by atoms with van der Waals surface area (Å²) < 4.78 is 10.8. The highest BCUT2D eigenvalue weighted by Crippen LogP contribution is 2.25. The Morgan fingerprint density at radius 2 is 1.87 bits per heavy atom. The van der Waals surface area contributed by atoms with Crippen LogP contribution in [0.25, 0.3) is 5.70 Å². The highest BCUT2D eigenvalue weighted by atomic mass is 16.6. The van der Waals surface area contributed by atoms with Crippen molar-refractivity contribution >= 4 is 23.4 Å². The Kier molecular flexibility index (Phi) is 4.93. The smallest absolute Gasteiger partial charge is 0.415 e. The fourth-order valence-electron chi connectivity index (χ4n) is 2.12. The van der Waals surface area contributed by atoms with Crippen molar-refractivity contribution in [1.82, 2.24) is 4.90 Å². The highest BCUT2D eigenvalue weighted by Gasteiger charge is 2.27. The number of carbonyl (C=O) groups excluding carboxylic acids is 2. The largest absolute Gasteiger partial charge is 0.497 e. The molecule has 0 spiro atoms. The van der Waals surface area contributed by atoms with Gasteiger partial charge in [0.15, 0.2) is 0 Å². The molecule has 124 valence electrons. The molecule has 0 atom stereocenters. The fourth-order valence-corrected chi connectivity index (χ4v) is 2.12. The molecule has 0 bridgehead atoms. The second-order valence-corrected chi connectivity index (χ2v) is 6.26. The standard InChI is InChI=1S/C17H22N2O4/c1-12(20)18-14-7-5-13(6-8-14)15-11-22-10-9-19(15)16(21)23-17(2,3)4/h5-8,11H,9-10H2,1-4H3,(H,18,20). The quantitative estimate of drug-likeness (QED) is 0.909. The Morgan fingerprint density at radius 3 is 2.43 bits per heavy atom. The van der Waals surface area contributed by atoms with E-state index in [1.165, 1.54) is 6.92 Å². The van der Waals surface area contributed by atoms with Crippen LogP contribution in [0.5, 0.6) is 0 Å². The average molecular weight is 318 g/mol. The minimum Gasteiger partial charge on any atom is -0.497 e. The SMILES string of the molecule is CC(=O)Nc1ccc(C2=COCCN2C(=O)OC(C)(C)C)cc1. The van der Waals surface area contributed by atoms with Crippen LogP contribution in [-0.4, -0.2) is 35.7 Å². The third-order valence-electron chi connectivity index (χ3n) is 3.03. The molecule has 0 saturated carbocycles. The van der Waals surface area contributed by atoms with Crippen LogP contribution in [0.15, 0.2) is 30.5 Å². The molecule has 0 fully saturated rings. The van der Waals surface area contributed by atoms with E-state index in [2.05, 4.69) is 5.32 Å². The molecule has 23 heavy (non-hydrogen) atoms. The van der Waals surface area contributed by atoms with Gasteiger partial charge in [0, 0.05) is 18.2 Å². The second kappa shape index (κ2) is 6.73. The predicted octanol–water partition coefficient (Wildman–Crippen LogP) is 3.21. The molecule has 6 nitrogen and oxygen atoms in total. The summed E-state index contributed by atoms with van der Waals surface area (Å²) in [6, 6.07) is 7.20. The van der Waals surface area contributed by atoms with Gasteiger partial charge < -0.3 is 14.8 Å². The third-order valence-corrected chi connectivity index (χ3v) is 3.03. The molecule has 0 radical (unpaired) electrons. The van der Waals surface area contributed by atoms with E-state index in [0.29, 0.717) is 24.5 Å². The molecule has 1 heterocycles. The van der Waals surface area contributed by atoms with Crippen LogP contribution in [0.1, 0.15) is 33.3 Å². The molecule has 0 aliphatic carbocycles. The summed E-state index contributed by atoms with van der Waals surface area (Å²) >= 11 is 0. The Labute approximate surface area is 136 Å². The number of rotatable bonds is 2. The maximum absolute atomic E-state index is 12.4. The van der Waals surface area contributed by atoms with Crippen LogP contribution in [0, 0.1) is 0 Å². The average Bonchev–Trinajstić information content (AvgIpc) is 2.46. The topological polar surface area (TPSA) is 67.9 Å². The monoisotopic (exact) mass is 318 g/mol. The maximum atomic E-state index is 12.4. The van der Waals surface area contributed by atoms with E-state index >= 15 is 0 Å². The van der Waals surface area contributed by atoms with Crippen molar-refractivity contribution in [2.75, 3.05) is 18.5 Å². The van der Waals surface area contributed by atoms with Gasteiger partial charge >= 0.3 is 6.09 Å². The summed E-state index contributed by atoms with van der Waals surface area (Å²) in [5.41, 5.74) is 1.59. The highest BCUT2D eigenvalue weighted by molar-refractivity contribution is 5.89. The molecule has 2 rings (SSSR count). The number of nitrogens with one attached hydrogen (secondary N) is 1. The second-order valence-electron chi connectivity index (χ2n) is 6.26. The molecule has 0 unspecified atom stereocenters. The first kappa shape index (κ1) is 16.9. The van der Waals surface area contributed by atoms with Crippen molar-refractivity contribution in [2.45, 2.75) is 33.3 Å². The first-order valence-corrected chi connectivity index (χ1v) is 7.46. The normalized spacial score (nSPS) is 14.6. The van der Waals surface area contributed by atoms with E-state index in [9.17, 15) is 9.59 Å². The van der Waals surface area contributed by atoms with Gasteiger partial charge in [0.1, 0.15) is 18.5 Å². The van der Waals surface area contributed by atoms with Crippen molar-refractivity contribution in [3.05, 3.63) is 36.1 Å². The summed E-state index contributed by atoms with van der Waals surface area (Å²) in [4.78, 5) is 25.0. The first-order chi connectivity index (χ1) is 10.8. The summed E-state index contributed by atoms with van der Waals surface area (Å²) in [6.07, 6.45) is 1.15. The van der Waals surface area contributed by atoms with Gasteiger partial charge in [0.2, 0.25) is 5.91 Å². The molecule has 0 aromatic heterocycles. The molecule has 1 aliphatic heterocycles. The molecule has 2 amide bonds.